The van der Waals surface area contributed by atoms with Crippen LogP contribution in [0.2, 0.25) is 0 Å². The van der Waals surface area contributed by atoms with Crippen LogP contribution in [0.3, 0.4) is 0 Å². The van der Waals surface area contributed by atoms with Crippen LogP contribution in [-0.4, -0.2) is 79.3 Å². The van der Waals surface area contributed by atoms with Gasteiger partial charge in [0.1, 0.15) is 16.2 Å². The standard InChI is InChI=1S/C37H42N8O4S/c1-22(2)31-18-43(25-20-49-21-25)12-13-44(31)24-8-9-33(39-15-24)41-30-14-23(17-42(3)36(30)47)26-10-11-38-35(29(26)19-46)45-37(48)34-28(16-40-45)27-6-4-5-7-32(27)50-34/h8-11,14-17,22,25,31,46H,4-7,12-13,18-21H2,1-3H3,(H,39,41). The van der Waals surface area contributed by atoms with Crippen LogP contribution in [0.25, 0.3) is 27.0 Å². The van der Waals surface area contributed by atoms with Gasteiger partial charge in [-0.25, -0.2) is 9.97 Å². The van der Waals surface area contributed by atoms with Gasteiger partial charge in [-0.05, 0) is 67.0 Å². The van der Waals surface area contributed by atoms with Gasteiger partial charge in [-0.15, -0.1) is 11.3 Å². The Kier molecular flexibility index (Phi) is 8.75. The second-order valence-electron chi connectivity index (χ2n) is 13.9. The zero-order valence-corrected chi connectivity index (χ0v) is 29.4. The lowest BCUT2D eigenvalue weighted by molar-refractivity contribution is -0.0712. The number of aromatic nitrogens is 5. The average molecular weight is 695 g/mol. The maximum Gasteiger partial charge on any atom is 0.290 e. The monoisotopic (exact) mass is 694 g/mol. The first-order valence-corrected chi connectivity index (χ1v) is 18.3. The summed E-state index contributed by atoms with van der Waals surface area (Å²) in [5, 5.41) is 19.3. The fourth-order valence-electron chi connectivity index (χ4n) is 7.60. The molecule has 5 aromatic rings. The Balaban J connectivity index is 1.08. The summed E-state index contributed by atoms with van der Waals surface area (Å²) >= 11 is 1.54. The van der Waals surface area contributed by atoms with Crippen molar-refractivity contribution in [1.82, 2.24) is 29.2 Å². The van der Waals surface area contributed by atoms with Crippen molar-refractivity contribution in [3.05, 3.63) is 85.8 Å². The van der Waals surface area contributed by atoms with Gasteiger partial charge in [0.15, 0.2) is 5.82 Å². The minimum atomic E-state index is -0.375. The van der Waals surface area contributed by atoms with Gasteiger partial charge in [0.25, 0.3) is 11.1 Å². The predicted molar refractivity (Wildman–Crippen MR) is 196 cm³/mol. The van der Waals surface area contributed by atoms with Crippen LogP contribution in [0.15, 0.2) is 58.6 Å². The van der Waals surface area contributed by atoms with Crippen molar-refractivity contribution in [2.45, 2.75) is 58.2 Å². The highest BCUT2D eigenvalue weighted by Crippen LogP contribution is 2.35. The maximum absolute atomic E-state index is 13.8. The molecule has 2 N–H and O–H groups in total. The number of thiophene rings is 1. The van der Waals surface area contributed by atoms with Gasteiger partial charge in [-0.3, -0.25) is 14.5 Å². The minimum absolute atomic E-state index is 0.222. The summed E-state index contributed by atoms with van der Waals surface area (Å²) in [6.45, 7) is 8.70. The number of aliphatic hydroxyl groups excluding tert-OH is 1. The number of nitrogens with zero attached hydrogens (tertiary/aromatic N) is 7. The minimum Gasteiger partial charge on any atom is -0.392 e. The molecule has 2 aliphatic heterocycles. The molecule has 0 spiro atoms. The highest BCUT2D eigenvalue weighted by Gasteiger charge is 2.35. The third kappa shape index (κ3) is 5.81. The van der Waals surface area contributed by atoms with Crippen molar-refractivity contribution < 1.29 is 9.84 Å². The second-order valence-corrected chi connectivity index (χ2v) is 15.0. The molecule has 0 bridgehead atoms. The SMILES string of the molecule is CC(C)C1CN(C2COC2)CCN1c1ccc(Nc2cc(-c3ccnc(-n4ncc5c6c(sc5c4=O)CCCC6)c3CO)cn(C)c2=O)nc1. The summed E-state index contributed by atoms with van der Waals surface area (Å²) < 4.78 is 8.90. The summed E-state index contributed by atoms with van der Waals surface area (Å²) in [4.78, 5) is 42.6. The number of fused-ring (bicyclic) bond motifs is 3. The van der Waals surface area contributed by atoms with Gasteiger partial charge < -0.3 is 24.6 Å². The predicted octanol–water partition coefficient (Wildman–Crippen LogP) is 4.26. The van der Waals surface area contributed by atoms with Crippen molar-refractivity contribution in [3.63, 3.8) is 0 Å². The second kappa shape index (κ2) is 13.4. The normalized spacial score (nSPS) is 18.4. The molecular formula is C37H42N8O4S. The van der Waals surface area contributed by atoms with E-state index in [1.54, 1.807) is 49.1 Å². The van der Waals surface area contributed by atoms with Gasteiger partial charge in [-0.1, -0.05) is 13.8 Å². The van der Waals surface area contributed by atoms with Crippen LogP contribution >= 0.6 is 11.3 Å². The quantitative estimate of drug-likeness (QED) is 0.243. The molecule has 0 radical (unpaired) electrons. The van der Waals surface area contributed by atoms with Crippen LogP contribution in [0.1, 0.15) is 42.7 Å². The van der Waals surface area contributed by atoms with E-state index >= 15 is 0 Å². The first-order valence-electron chi connectivity index (χ1n) is 17.4. The number of nitrogens with one attached hydrogen (secondary N) is 1. The zero-order valence-electron chi connectivity index (χ0n) is 28.6. The Labute approximate surface area is 294 Å². The smallest absolute Gasteiger partial charge is 0.290 e. The average Bonchev–Trinajstić information content (AvgIpc) is 3.49. The fourth-order valence-corrected chi connectivity index (χ4v) is 8.88. The van der Waals surface area contributed by atoms with Crippen molar-refractivity contribution >= 4 is 38.6 Å². The molecule has 0 saturated carbocycles. The number of anilines is 3. The molecule has 7 heterocycles. The van der Waals surface area contributed by atoms with Crippen molar-refractivity contribution in [2.24, 2.45) is 13.0 Å². The molecule has 13 heteroatoms. The fraction of sp³-hybridized carbons (Fsp3) is 0.432. The Bertz CT molecular complexity index is 2170. The van der Waals surface area contributed by atoms with E-state index in [-0.39, 0.29) is 23.5 Å². The number of hydrogen-bond acceptors (Lipinski definition) is 11. The molecule has 1 aliphatic carbocycles. The topological polar surface area (TPSA) is 131 Å². The van der Waals surface area contributed by atoms with Crippen LogP contribution < -0.4 is 21.3 Å². The zero-order chi connectivity index (χ0) is 34.5. The molecule has 0 amide bonds. The molecule has 0 aromatic carbocycles. The van der Waals surface area contributed by atoms with E-state index in [2.05, 4.69) is 45.1 Å². The third-order valence-electron chi connectivity index (χ3n) is 10.5. The van der Waals surface area contributed by atoms with E-state index in [9.17, 15) is 14.7 Å². The van der Waals surface area contributed by atoms with E-state index in [4.69, 9.17) is 9.72 Å². The summed E-state index contributed by atoms with van der Waals surface area (Å²) in [6, 6.07) is 8.39. The van der Waals surface area contributed by atoms with Gasteiger partial charge in [-0.2, -0.15) is 9.78 Å². The van der Waals surface area contributed by atoms with Crippen molar-refractivity contribution in [2.75, 3.05) is 43.1 Å². The van der Waals surface area contributed by atoms with Crippen LogP contribution in [0, 0.1) is 5.92 Å². The molecular weight excluding hydrogens is 653 g/mol. The van der Waals surface area contributed by atoms with E-state index in [0.29, 0.717) is 50.9 Å². The Morgan fingerprint density at radius 3 is 2.64 bits per heavy atom. The molecule has 5 aromatic heterocycles. The number of pyridine rings is 3. The molecule has 1 atom stereocenters. The molecule has 50 heavy (non-hydrogen) atoms. The molecule has 1 unspecified atom stereocenters. The Morgan fingerprint density at radius 1 is 1.06 bits per heavy atom. The molecule has 8 rings (SSSR count). The summed E-state index contributed by atoms with van der Waals surface area (Å²) in [5.74, 6) is 1.29. The van der Waals surface area contributed by atoms with Crippen LogP contribution in [0.5, 0.6) is 0 Å². The first-order chi connectivity index (χ1) is 24.3. The highest BCUT2D eigenvalue weighted by atomic mass is 32.1. The Hall–Kier alpha value is -4.43. The van der Waals surface area contributed by atoms with Crippen LogP contribution in [-0.2, 0) is 31.2 Å². The lowest BCUT2D eigenvalue weighted by Gasteiger charge is -2.48. The number of ether oxygens (including phenoxy) is 1. The highest BCUT2D eigenvalue weighted by molar-refractivity contribution is 7.19. The molecule has 3 aliphatic rings. The van der Waals surface area contributed by atoms with Crippen molar-refractivity contribution in [1.29, 1.82) is 0 Å². The largest absolute Gasteiger partial charge is 0.392 e. The number of rotatable bonds is 8. The number of piperazine rings is 1. The van der Waals surface area contributed by atoms with Crippen LogP contribution in [0.4, 0.5) is 17.2 Å². The van der Waals surface area contributed by atoms with E-state index in [0.717, 1.165) is 69.6 Å². The van der Waals surface area contributed by atoms with E-state index in [1.807, 2.05) is 12.3 Å². The summed E-state index contributed by atoms with van der Waals surface area (Å²) in [5.41, 5.74) is 3.93. The number of hydrogen-bond donors (Lipinski definition) is 2. The third-order valence-corrected chi connectivity index (χ3v) is 11.8. The van der Waals surface area contributed by atoms with Gasteiger partial charge in [0, 0.05) is 66.5 Å². The number of aryl methyl sites for hydroxylation is 3. The summed E-state index contributed by atoms with van der Waals surface area (Å²) in [6.07, 6.45) is 11.1. The van der Waals surface area contributed by atoms with Crippen molar-refractivity contribution in [3.8, 4) is 16.9 Å². The maximum atomic E-state index is 13.8. The van der Waals surface area contributed by atoms with Gasteiger partial charge in [0.2, 0.25) is 0 Å². The molecule has 2 saturated heterocycles. The molecule has 260 valence electrons. The van der Waals surface area contributed by atoms with Gasteiger partial charge in [0.05, 0.1) is 43.9 Å². The molecule has 12 nitrogen and oxygen atoms in total. The van der Waals surface area contributed by atoms with E-state index < -0.39 is 0 Å². The Morgan fingerprint density at radius 2 is 1.90 bits per heavy atom. The number of aliphatic hydroxyl groups is 1. The summed E-state index contributed by atoms with van der Waals surface area (Å²) in [7, 11) is 1.69. The lowest BCUT2D eigenvalue weighted by Crippen LogP contribution is -2.61. The van der Waals surface area contributed by atoms with Gasteiger partial charge >= 0.3 is 0 Å². The first kappa shape index (κ1) is 32.8. The molecule has 2 fully saturated rings. The van der Waals surface area contributed by atoms with E-state index in [1.165, 1.54) is 19.7 Å². The lowest BCUT2D eigenvalue weighted by atomic mass is 9.97.